The summed E-state index contributed by atoms with van der Waals surface area (Å²) in [6, 6.07) is 0. The van der Waals surface area contributed by atoms with Crippen LogP contribution in [-0.2, 0) is 9.59 Å². The Morgan fingerprint density at radius 2 is 1.81 bits per heavy atom. The highest BCUT2D eigenvalue weighted by Gasteiger charge is 2.34. The van der Waals surface area contributed by atoms with Crippen LogP contribution in [0.15, 0.2) is 0 Å². The second kappa shape index (κ2) is 7.78. The molecule has 0 radical (unpaired) electrons. The lowest BCUT2D eigenvalue weighted by atomic mass is 9.78. The Bertz CT molecular complexity index is 365. The molecule has 5 nitrogen and oxygen atoms in total. The third-order valence-corrected chi connectivity index (χ3v) is 5.09. The molecule has 1 heterocycles. The third kappa shape index (κ3) is 4.43. The van der Waals surface area contributed by atoms with Crippen LogP contribution in [0.4, 0.5) is 0 Å². The Kier molecular flexibility index (Phi) is 6.03. The minimum Gasteiger partial charge on any atom is -0.356 e. The van der Waals surface area contributed by atoms with Gasteiger partial charge in [0.1, 0.15) is 0 Å². The van der Waals surface area contributed by atoms with Crippen molar-refractivity contribution in [3.05, 3.63) is 0 Å². The normalized spacial score (nSPS) is 27.4. The molecule has 2 fully saturated rings. The number of nitrogens with two attached hydrogens (primary N) is 1. The van der Waals surface area contributed by atoms with E-state index in [-0.39, 0.29) is 11.8 Å². The molecular weight excluding hydrogens is 266 g/mol. The van der Waals surface area contributed by atoms with Gasteiger partial charge in [0.25, 0.3) is 0 Å². The molecule has 0 aromatic heterocycles. The van der Waals surface area contributed by atoms with Crippen molar-refractivity contribution in [2.75, 3.05) is 26.2 Å². The van der Waals surface area contributed by atoms with Crippen LogP contribution in [0.25, 0.3) is 0 Å². The largest absolute Gasteiger partial charge is 0.356 e. The Morgan fingerprint density at radius 1 is 1.14 bits per heavy atom. The lowest BCUT2D eigenvalue weighted by molar-refractivity contribution is -0.140. The second-order valence-electron chi connectivity index (χ2n) is 6.59. The molecule has 0 bridgehead atoms. The molecule has 2 atom stereocenters. The van der Waals surface area contributed by atoms with E-state index < -0.39 is 0 Å². The number of carbonyl (C=O) groups is 2. The highest BCUT2D eigenvalue weighted by atomic mass is 16.2. The summed E-state index contributed by atoms with van der Waals surface area (Å²) in [6.45, 7) is 4.59. The number of carbonyl (C=O) groups excluding carboxylic acids is 2. The molecule has 2 aliphatic rings. The van der Waals surface area contributed by atoms with E-state index in [2.05, 4.69) is 5.32 Å². The first kappa shape index (κ1) is 16.3. The maximum atomic E-state index is 12.7. The van der Waals surface area contributed by atoms with Gasteiger partial charge in [0.05, 0.1) is 0 Å². The van der Waals surface area contributed by atoms with Gasteiger partial charge in [-0.15, -0.1) is 0 Å². The van der Waals surface area contributed by atoms with Gasteiger partial charge in [-0.05, 0) is 44.1 Å². The maximum absolute atomic E-state index is 12.7. The quantitative estimate of drug-likeness (QED) is 0.816. The van der Waals surface area contributed by atoms with Crippen molar-refractivity contribution in [2.24, 2.45) is 23.5 Å². The molecule has 2 amide bonds. The van der Waals surface area contributed by atoms with Gasteiger partial charge in [-0.2, -0.15) is 0 Å². The molecule has 5 heteroatoms. The molecule has 0 spiro atoms. The van der Waals surface area contributed by atoms with Crippen LogP contribution in [-0.4, -0.2) is 42.9 Å². The van der Waals surface area contributed by atoms with E-state index in [4.69, 9.17) is 5.73 Å². The first-order chi connectivity index (χ1) is 10.1. The van der Waals surface area contributed by atoms with Crippen LogP contribution in [0.3, 0.4) is 0 Å². The summed E-state index contributed by atoms with van der Waals surface area (Å²) in [6.07, 6.45) is 6.47. The van der Waals surface area contributed by atoms with Crippen LogP contribution in [0.2, 0.25) is 0 Å². The fourth-order valence-electron chi connectivity index (χ4n) is 3.69. The van der Waals surface area contributed by atoms with Crippen molar-refractivity contribution < 1.29 is 9.59 Å². The van der Waals surface area contributed by atoms with E-state index in [1.54, 1.807) is 6.92 Å². The van der Waals surface area contributed by atoms with Crippen LogP contribution < -0.4 is 11.1 Å². The molecular formula is C16H29N3O2. The summed E-state index contributed by atoms with van der Waals surface area (Å²) in [5.74, 6) is 1.39. The molecule has 0 aromatic carbocycles. The van der Waals surface area contributed by atoms with Crippen molar-refractivity contribution in [3.8, 4) is 0 Å². The molecule has 0 aromatic rings. The minimum atomic E-state index is 0.0292. The average molecular weight is 295 g/mol. The third-order valence-electron chi connectivity index (χ3n) is 5.09. The van der Waals surface area contributed by atoms with Crippen LogP contribution in [0.5, 0.6) is 0 Å². The van der Waals surface area contributed by atoms with Gasteiger partial charge in [-0.25, -0.2) is 0 Å². The maximum Gasteiger partial charge on any atom is 0.226 e. The van der Waals surface area contributed by atoms with E-state index in [0.717, 1.165) is 51.7 Å². The van der Waals surface area contributed by atoms with E-state index in [9.17, 15) is 9.59 Å². The summed E-state index contributed by atoms with van der Waals surface area (Å²) in [5, 5.41) is 2.88. The van der Waals surface area contributed by atoms with Gasteiger partial charge in [-0.3, -0.25) is 9.59 Å². The number of nitrogens with zero attached hydrogens (tertiary/aromatic N) is 1. The summed E-state index contributed by atoms with van der Waals surface area (Å²) in [4.78, 5) is 25.7. The predicted octanol–water partition coefficient (Wildman–Crippen LogP) is 1.13. The zero-order chi connectivity index (χ0) is 15.2. The molecule has 1 aliphatic carbocycles. The summed E-state index contributed by atoms with van der Waals surface area (Å²) in [7, 11) is 0. The highest BCUT2D eigenvalue weighted by molar-refractivity contribution is 5.79. The first-order valence-electron chi connectivity index (χ1n) is 8.35. The molecule has 21 heavy (non-hydrogen) atoms. The van der Waals surface area contributed by atoms with E-state index in [0.29, 0.717) is 24.3 Å². The zero-order valence-corrected chi connectivity index (χ0v) is 13.1. The topological polar surface area (TPSA) is 75.4 Å². The highest BCUT2D eigenvalue weighted by Crippen LogP contribution is 2.31. The summed E-state index contributed by atoms with van der Waals surface area (Å²) < 4.78 is 0. The predicted molar refractivity (Wildman–Crippen MR) is 82.5 cm³/mol. The standard InChI is InChI=1S/C16H29N3O2/c1-12(20)18-11-13-6-8-19(9-7-13)16(21)15-5-3-2-4-14(15)10-17/h13-15H,2-11,17H2,1H3,(H,18,20). The SMILES string of the molecule is CC(=O)NCC1CCN(C(=O)C2CCCCC2CN)CC1. The van der Waals surface area contributed by atoms with Gasteiger partial charge < -0.3 is 16.0 Å². The summed E-state index contributed by atoms with van der Waals surface area (Å²) in [5.41, 5.74) is 5.84. The zero-order valence-electron chi connectivity index (χ0n) is 13.1. The van der Waals surface area contributed by atoms with Crippen LogP contribution in [0.1, 0.15) is 45.4 Å². The Labute approximate surface area is 127 Å². The number of amides is 2. The number of rotatable bonds is 4. The van der Waals surface area contributed by atoms with Crippen molar-refractivity contribution in [3.63, 3.8) is 0 Å². The smallest absolute Gasteiger partial charge is 0.226 e. The van der Waals surface area contributed by atoms with Crippen molar-refractivity contribution in [1.82, 2.24) is 10.2 Å². The average Bonchev–Trinajstić information content (AvgIpc) is 2.52. The number of hydrogen-bond acceptors (Lipinski definition) is 3. The Hall–Kier alpha value is -1.10. The molecule has 1 saturated carbocycles. The number of nitrogens with one attached hydrogen (secondary N) is 1. The fraction of sp³-hybridized carbons (Fsp3) is 0.875. The molecule has 2 rings (SSSR count). The number of likely N-dealkylation sites (tertiary alicyclic amines) is 1. The van der Waals surface area contributed by atoms with Crippen molar-refractivity contribution >= 4 is 11.8 Å². The van der Waals surface area contributed by atoms with Crippen molar-refractivity contribution in [1.29, 1.82) is 0 Å². The van der Waals surface area contributed by atoms with Gasteiger partial charge in [-0.1, -0.05) is 12.8 Å². The lowest BCUT2D eigenvalue weighted by Crippen LogP contribution is -2.46. The minimum absolute atomic E-state index is 0.0292. The molecule has 3 N–H and O–H groups in total. The molecule has 2 unspecified atom stereocenters. The van der Waals surface area contributed by atoms with Crippen LogP contribution in [0, 0.1) is 17.8 Å². The fourth-order valence-corrected chi connectivity index (χ4v) is 3.69. The number of piperidine rings is 1. The van der Waals surface area contributed by atoms with Gasteiger partial charge in [0.2, 0.25) is 11.8 Å². The Balaban J connectivity index is 1.80. The molecule has 1 saturated heterocycles. The Morgan fingerprint density at radius 3 is 2.43 bits per heavy atom. The van der Waals surface area contributed by atoms with E-state index in [1.807, 2.05) is 4.90 Å². The van der Waals surface area contributed by atoms with Gasteiger partial charge >= 0.3 is 0 Å². The van der Waals surface area contributed by atoms with Gasteiger partial charge in [0, 0.05) is 32.5 Å². The van der Waals surface area contributed by atoms with Gasteiger partial charge in [0.15, 0.2) is 0 Å². The van der Waals surface area contributed by atoms with E-state index in [1.165, 1.54) is 6.42 Å². The molecule has 1 aliphatic heterocycles. The molecule has 120 valence electrons. The van der Waals surface area contributed by atoms with E-state index >= 15 is 0 Å². The monoisotopic (exact) mass is 295 g/mol. The van der Waals surface area contributed by atoms with Crippen LogP contribution >= 0.6 is 0 Å². The first-order valence-corrected chi connectivity index (χ1v) is 8.35. The van der Waals surface area contributed by atoms with Crippen molar-refractivity contribution in [2.45, 2.75) is 45.4 Å². The summed E-state index contributed by atoms with van der Waals surface area (Å²) >= 11 is 0. The second-order valence-corrected chi connectivity index (χ2v) is 6.59. The number of hydrogen-bond donors (Lipinski definition) is 2. The lowest BCUT2D eigenvalue weighted by Gasteiger charge is -2.37.